The molecule has 3 heterocycles. The highest BCUT2D eigenvalue weighted by Gasteiger charge is 2.53. The van der Waals surface area contributed by atoms with E-state index in [4.69, 9.17) is 35.4 Å². The molecular formula is C22H21Cl2N5O5S3. The number of hydrogen-bond acceptors (Lipinski definition) is 8. The SMILES string of the molecule is CC(C)n1c(SCC2=C(C(=O)O)N3C(=O)C(NC(=S)Cc4cc(Cl)ccc4Cl)[C@@H]3SC2)n[nH]c(=O)c1=O. The zero-order chi connectivity index (χ0) is 27.0. The van der Waals surface area contributed by atoms with Crippen LogP contribution in [0.15, 0.2) is 44.2 Å². The maximum Gasteiger partial charge on any atom is 0.352 e. The number of carbonyl (C=O) groups excluding carboxylic acids is 1. The van der Waals surface area contributed by atoms with Crippen LogP contribution in [0.25, 0.3) is 0 Å². The molecule has 0 bridgehead atoms. The molecule has 2 aliphatic rings. The van der Waals surface area contributed by atoms with Crippen LogP contribution in [0.5, 0.6) is 0 Å². The molecule has 196 valence electrons. The summed E-state index contributed by atoms with van der Waals surface area (Å²) in [6, 6.07) is 4.04. The standard InChI is InChI=1S/C22H21Cl2N5O5S3/c1-9(2)28-19(32)17(30)26-27-22(28)37-8-11-7-36-20-15(18(31)29(20)16(11)21(33)34)25-14(35)6-10-5-12(23)3-4-13(10)24/h3-5,9,15,20H,6-8H2,1-2H3,(H,25,35)(H,26,30)(H,33,34)/t15?,20-/m0/s1. The van der Waals surface area contributed by atoms with E-state index < -0.39 is 34.4 Å². The van der Waals surface area contributed by atoms with E-state index in [1.807, 2.05) is 0 Å². The number of carboxylic acids is 1. The molecule has 4 rings (SSSR count). The first kappa shape index (κ1) is 27.7. The van der Waals surface area contributed by atoms with Crippen molar-refractivity contribution in [1.29, 1.82) is 0 Å². The molecule has 1 unspecified atom stereocenters. The first-order chi connectivity index (χ1) is 17.5. The first-order valence-corrected chi connectivity index (χ1v) is 14.2. The lowest BCUT2D eigenvalue weighted by Crippen LogP contribution is -2.70. The van der Waals surface area contributed by atoms with E-state index >= 15 is 0 Å². The molecule has 2 aliphatic heterocycles. The second-order valence-corrected chi connectivity index (χ2v) is 11.9. The molecule has 1 aromatic carbocycles. The molecule has 0 spiro atoms. The molecule has 2 atom stereocenters. The van der Waals surface area contributed by atoms with E-state index in [-0.39, 0.29) is 29.1 Å². The van der Waals surface area contributed by atoms with Crippen LogP contribution >= 0.6 is 58.9 Å². The number of rotatable bonds is 8. The van der Waals surface area contributed by atoms with Crippen molar-refractivity contribution in [1.82, 2.24) is 25.0 Å². The van der Waals surface area contributed by atoms with Crippen LogP contribution in [0.2, 0.25) is 10.0 Å². The number of amides is 1. The number of carboxylic acid groups (broad SMARTS) is 1. The lowest BCUT2D eigenvalue weighted by molar-refractivity contribution is -0.148. The van der Waals surface area contributed by atoms with Crippen LogP contribution in [0.3, 0.4) is 0 Å². The maximum atomic E-state index is 13.0. The Labute approximate surface area is 234 Å². The fourth-order valence-corrected chi connectivity index (χ4v) is 7.20. The number of β-lactam (4-membered cyclic amide) rings is 1. The molecule has 1 saturated heterocycles. The Kier molecular flexibility index (Phi) is 8.38. The molecule has 0 aliphatic carbocycles. The molecule has 37 heavy (non-hydrogen) atoms. The number of benzene rings is 1. The number of hydrogen-bond donors (Lipinski definition) is 3. The number of nitrogens with one attached hydrogen (secondary N) is 2. The van der Waals surface area contributed by atoms with Gasteiger partial charge in [0.25, 0.3) is 5.91 Å². The van der Waals surface area contributed by atoms with Gasteiger partial charge in [-0.1, -0.05) is 47.2 Å². The summed E-state index contributed by atoms with van der Waals surface area (Å²) in [6.45, 7) is 3.48. The fourth-order valence-electron chi connectivity index (χ4n) is 3.98. The van der Waals surface area contributed by atoms with Crippen molar-refractivity contribution in [3.05, 3.63) is 65.8 Å². The number of aromatic nitrogens is 3. The second kappa shape index (κ2) is 11.2. The van der Waals surface area contributed by atoms with Crippen LogP contribution in [-0.4, -0.2) is 64.6 Å². The normalized spacial score (nSPS) is 19.1. The van der Waals surface area contributed by atoms with E-state index in [1.54, 1.807) is 32.0 Å². The van der Waals surface area contributed by atoms with Gasteiger partial charge in [0.15, 0.2) is 5.16 Å². The van der Waals surface area contributed by atoms with Crippen LogP contribution in [-0.2, 0) is 16.0 Å². The minimum absolute atomic E-state index is 0.0917. The van der Waals surface area contributed by atoms with Gasteiger partial charge >= 0.3 is 17.1 Å². The van der Waals surface area contributed by atoms with Crippen molar-refractivity contribution < 1.29 is 14.7 Å². The van der Waals surface area contributed by atoms with Gasteiger partial charge in [-0.2, -0.15) is 0 Å². The summed E-state index contributed by atoms with van der Waals surface area (Å²) >= 11 is 20.2. The van der Waals surface area contributed by atoms with Gasteiger partial charge in [0.1, 0.15) is 17.1 Å². The average molecular weight is 603 g/mol. The van der Waals surface area contributed by atoms with Gasteiger partial charge in [0.2, 0.25) is 0 Å². The topological polar surface area (TPSA) is 137 Å². The van der Waals surface area contributed by atoms with Crippen molar-refractivity contribution in [2.24, 2.45) is 0 Å². The van der Waals surface area contributed by atoms with Gasteiger partial charge in [-0.25, -0.2) is 9.89 Å². The van der Waals surface area contributed by atoms with Crippen LogP contribution in [0.4, 0.5) is 0 Å². The Morgan fingerprint density at radius 1 is 1.35 bits per heavy atom. The number of carbonyl (C=O) groups is 2. The molecule has 1 aromatic heterocycles. The number of fused-ring (bicyclic) bond motifs is 1. The number of H-pyrrole nitrogens is 1. The fraction of sp³-hybridized carbons (Fsp3) is 0.364. The Balaban J connectivity index is 1.49. The number of halogens is 2. The number of thiocarbonyl (C=S) groups is 1. The third kappa shape index (κ3) is 5.60. The van der Waals surface area contributed by atoms with Gasteiger partial charge in [-0.15, -0.1) is 16.9 Å². The summed E-state index contributed by atoms with van der Waals surface area (Å²) < 4.78 is 1.26. The summed E-state index contributed by atoms with van der Waals surface area (Å²) in [5.74, 6) is -1.11. The molecule has 0 saturated carbocycles. The Hall–Kier alpha value is -2.32. The quantitative estimate of drug-likeness (QED) is 0.179. The lowest BCUT2D eigenvalue weighted by Gasteiger charge is -2.49. The average Bonchev–Trinajstić information content (AvgIpc) is 2.84. The molecular weight excluding hydrogens is 581 g/mol. The first-order valence-electron chi connectivity index (χ1n) is 11.0. The maximum absolute atomic E-state index is 13.0. The summed E-state index contributed by atoms with van der Waals surface area (Å²) in [5.41, 5.74) is -0.437. The van der Waals surface area contributed by atoms with Gasteiger partial charge in [-0.3, -0.25) is 23.9 Å². The third-order valence-electron chi connectivity index (χ3n) is 5.69. The molecule has 15 heteroatoms. The van der Waals surface area contributed by atoms with E-state index in [9.17, 15) is 24.3 Å². The summed E-state index contributed by atoms with van der Waals surface area (Å²) in [7, 11) is 0. The van der Waals surface area contributed by atoms with Gasteiger partial charge < -0.3 is 10.4 Å². The third-order valence-corrected chi connectivity index (χ3v) is 8.93. The Morgan fingerprint density at radius 2 is 2.08 bits per heavy atom. The van der Waals surface area contributed by atoms with E-state index in [2.05, 4.69) is 15.5 Å². The number of nitrogens with zero attached hydrogens (tertiary/aromatic N) is 3. The van der Waals surface area contributed by atoms with Gasteiger partial charge in [-0.05, 0) is 43.2 Å². The summed E-state index contributed by atoms with van der Waals surface area (Å²) in [4.78, 5) is 50.8. The minimum atomic E-state index is -1.23. The predicted molar refractivity (Wildman–Crippen MR) is 148 cm³/mol. The van der Waals surface area contributed by atoms with Crippen molar-refractivity contribution >= 4 is 75.8 Å². The van der Waals surface area contributed by atoms with Crippen molar-refractivity contribution in [3.63, 3.8) is 0 Å². The number of thioether (sulfide) groups is 2. The Morgan fingerprint density at radius 3 is 2.76 bits per heavy atom. The van der Waals surface area contributed by atoms with Crippen molar-refractivity contribution in [2.75, 3.05) is 11.5 Å². The van der Waals surface area contributed by atoms with E-state index in [1.165, 1.54) is 21.2 Å². The van der Waals surface area contributed by atoms with E-state index in [0.29, 0.717) is 31.9 Å². The second-order valence-electron chi connectivity index (χ2n) is 8.52. The molecule has 3 N–H and O–H groups in total. The monoisotopic (exact) mass is 601 g/mol. The summed E-state index contributed by atoms with van der Waals surface area (Å²) in [5, 5.41) is 19.9. The van der Waals surface area contributed by atoms with Crippen molar-refractivity contribution in [2.45, 2.75) is 42.9 Å². The molecule has 2 aromatic rings. The number of aromatic amines is 1. The Bertz CT molecular complexity index is 1440. The lowest BCUT2D eigenvalue weighted by atomic mass is 10.0. The zero-order valence-electron chi connectivity index (χ0n) is 19.5. The van der Waals surface area contributed by atoms with Crippen LogP contribution < -0.4 is 16.4 Å². The van der Waals surface area contributed by atoms with Gasteiger partial charge in [0, 0.05) is 34.0 Å². The molecule has 10 nitrogen and oxygen atoms in total. The predicted octanol–water partition coefficient (Wildman–Crippen LogP) is 2.69. The largest absolute Gasteiger partial charge is 0.477 e. The molecule has 0 radical (unpaired) electrons. The molecule has 1 fully saturated rings. The zero-order valence-corrected chi connectivity index (χ0v) is 23.4. The van der Waals surface area contributed by atoms with Gasteiger partial charge in [0.05, 0.1) is 4.99 Å². The van der Waals surface area contributed by atoms with Crippen LogP contribution in [0, 0.1) is 0 Å². The minimum Gasteiger partial charge on any atom is -0.477 e. The highest BCUT2D eigenvalue weighted by atomic mass is 35.5. The summed E-state index contributed by atoms with van der Waals surface area (Å²) in [6.07, 6.45) is 0.281. The van der Waals surface area contributed by atoms with Crippen molar-refractivity contribution in [3.8, 4) is 0 Å². The van der Waals surface area contributed by atoms with E-state index in [0.717, 1.165) is 11.8 Å². The molecule has 1 amide bonds. The number of aliphatic carboxylic acids is 1. The highest BCUT2D eigenvalue weighted by molar-refractivity contribution is 8.01. The van der Waals surface area contributed by atoms with Crippen LogP contribution in [0.1, 0.15) is 25.5 Å². The smallest absolute Gasteiger partial charge is 0.352 e. The highest BCUT2D eigenvalue weighted by Crippen LogP contribution is 2.41.